The lowest BCUT2D eigenvalue weighted by atomic mass is 10.1. The van der Waals surface area contributed by atoms with Crippen LogP contribution in [0, 0.1) is 11.3 Å². The lowest BCUT2D eigenvalue weighted by Crippen LogP contribution is -2.40. The van der Waals surface area contributed by atoms with E-state index in [1.165, 1.54) is 4.90 Å². The predicted octanol–water partition coefficient (Wildman–Crippen LogP) is 3.09. The van der Waals surface area contributed by atoms with Crippen LogP contribution in [0.2, 0.25) is 0 Å². The van der Waals surface area contributed by atoms with E-state index in [1.54, 1.807) is 25.1 Å². The molecule has 0 heterocycles. The molecule has 6 nitrogen and oxygen atoms in total. The molecule has 0 aliphatic carbocycles. The summed E-state index contributed by atoms with van der Waals surface area (Å²) in [5.41, 5.74) is 7.23. The summed E-state index contributed by atoms with van der Waals surface area (Å²) in [5.74, 6) is 0.356. The Morgan fingerprint density at radius 2 is 2.00 bits per heavy atom. The van der Waals surface area contributed by atoms with Crippen molar-refractivity contribution in [3.8, 4) is 11.8 Å². The number of anilines is 1. The molecule has 6 heteroatoms. The van der Waals surface area contributed by atoms with Crippen LogP contribution in [-0.4, -0.2) is 28.7 Å². The number of nitrogens with two attached hydrogens (primary N) is 1. The Kier molecular flexibility index (Phi) is 5.63. The summed E-state index contributed by atoms with van der Waals surface area (Å²) in [6.07, 6.45) is -1.02. The molecule has 1 atom stereocenters. The average molecular weight is 325 g/mol. The highest BCUT2D eigenvalue weighted by atomic mass is 16.5. The number of nitrogens with zero attached hydrogens (tertiary/aromatic N) is 2. The number of carboxylic acid groups (broad SMARTS) is 1. The van der Waals surface area contributed by atoms with Crippen molar-refractivity contribution < 1.29 is 14.6 Å². The predicted molar refractivity (Wildman–Crippen MR) is 90.5 cm³/mol. The number of hydrogen-bond acceptors (Lipinski definition) is 4. The first kappa shape index (κ1) is 17.2. The number of nitrogen functional groups attached to an aromatic ring is 1. The van der Waals surface area contributed by atoms with Gasteiger partial charge in [-0.1, -0.05) is 36.4 Å². The van der Waals surface area contributed by atoms with Gasteiger partial charge in [-0.05, 0) is 24.6 Å². The topological polar surface area (TPSA) is 99.6 Å². The van der Waals surface area contributed by atoms with E-state index in [2.05, 4.69) is 0 Å². The first-order chi connectivity index (χ1) is 11.5. The molecule has 124 valence electrons. The Hall–Kier alpha value is -3.20. The molecule has 0 unspecified atom stereocenters. The fourth-order valence-electron chi connectivity index (χ4n) is 2.28. The van der Waals surface area contributed by atoms with Crippen LogP contribution < -0.4 is 10.5 Å². The molecule has 24 heavy (non-hydrogen) atoms. The van der Waals surface area contributed by atoms with Crippen molar-refractivity contribution in [3.05, 3.63) is 59.7 Å². The molecule has 0 fully saturated rings. The smallest absolute Gasteiger partial charge is 0.407 e. The van der Waals surface area contributed by atoms with Gasteiger partial charge in [0.15, 0.2) is 0 Å². The van der Waals surface area contributed by atoms with Crippen molar-refractivity contribution in [2.45, 2.75) is 19.5 Å². The fraction of sp³-hybridized carbons (Fsp3) is 0.222. The molecule has 0 aliphatic rings. The molecular weight excluding hydrogens is 306 g/mol. The van der Waals surface area contributed by atoms with Gasteiger partial charge in [-0.3, -0.25) is 4.90 Å². The highest BCUT2D eigenvalue weighted by molar-refractivity contribution is 5.65. The van der Waals surface area contributed by atoms with E-state index in [-0.39, 0.29) is 18.7 Å². The van der Waals surface area contributed by atoms with Crippen LogP contribution in [0.25, 0.3) is 0 Å². The van der Waals surface area contributed by atoms with Crippen LogP contribution in [0.1, 0.15) is 18.1 Å². The molecule has 0 aliphatic heterocycles. The lowest BCUT2D eigenvalue weighted by Gasteiger charge is -2.26. The average Bonchev–Trinajstić information content (AvgIpc) is 2.58. The summed E-state index contributed by atoms with van der Waals surface area (Å²) < 4.78 is 5.63. The largest absolute Gasteiger partial charge is 0.490 e. The molecule has 0 radical (unpaired) electrons. The molecule has 2 aromatic carbocycles. The number of hydrogen-bond donors (Lipinski definition) is 2. The molecule has 0 spiro atoms. The summed E-state index contributed by atoms with van der Waals surface area (Å²) >= 11 is 0. The summed E-state index contributed by atoms with van der Waals surface area (Å²) in [7, 11) is 0. The van der Waals surface area contributed by atoms with E-state index in [1.807, 2.05) is 36.4 Å². The van der Waals surface area contributed by atoms with E-state index in [4.69, 9.17) is 15.7 Å². The van der Waals surface area contributed by atoms with Crippen molar-refractivity contribution in [2.75, 3.05) is 12.3 Å². The van der Waals surface area contributed by atoms with Crippen LogP contribution in [0.5, 0.6) is 5.75 Å². The third kappa shape index (κ3) is 4.17. The standard InChI is InChI=1S/C18H19N3O3/c1-13(12-24-17-9-5-8-16(20)15(17)10-19)21(18(22)23)11-14-6-3-2-4-7-14/h2-9,13H,11-12,20H2,1H3,(H,22,23)/t13-/m1/s1. The minimum absolute atomic E-state index is 0.122. The van der Waals surface area contributed by atoms with Gasteiger partial charge in [0.25, 0.3) is 0 Å². The molecule has 0 saturated heterocycles. The quantitative estimate of drug-likeness (QED) is 0.795. The van der Waals surface area contributed by atoms with Gasteiger partial charge in [0.05, 0.1) is 11.7 Å². The summed E-state index contributed by atoms with van der Waals surface area (Å²) in [4.78, 5) is 12.8. The zero-order chi connectivity index (χ0) is 17.5. The molecule has 0 bridgehead atoms. The normalized spacial score (nSPS) is 11.3. The molecule has 0 aromatic heterocycles. The monoisotopic (exact) mass is 325 g/mol. The number of benzene rings is 2. The SMILES string of the molecule is C[C@H](COc1cccc(N)c1C#N)N(Cc1ccccc1)C(=O)O. The van der Waals surface area contributed by atoms with Crippen molar-refractivity contribution >= 4 is 11.8 Å². The van der Waals surface area contributed by atoms with Gasteiger partial charge in [0, 0.05) is 6.54 Å². The Labute approximate surface area is 140 Å². The summed E-state index contributed by atoms with van der Waals surface area (Å²) in [6.45, 7) is 2.15. The highest BCUT2D eigenvalue weighted by Crippen LogP contribution is 2.23. The number of ether oxygens (including phenoxy) is 1. The van der Waals surface area contributed by atoms with Crippen LogP contribution >= 0.6 is 0 Å². The molecule has 1 amide bonds. The Morgan fingerprint density at radius 1 is 1.29 bits per heavy atom. The number of amides is 1. The van der Waals surface area contributed by atoms with E-state index in [9.17, 15) is 9.90 Å². The van der Waals surface area contributed by atoms with Gasteiger partial charge in [-0.2, -0.15) is 5.26 Å². The van der Waals surface area contributed by atoms with Gasteiger partial charge in [0.2, 0.25) is 0 Å². The van der Waals surface area contributed by atoms with Gasteiger partial charge in [-0.15, -0.1) is 0 Å². The Balaban J connectivity index is 2.06. The maximum Gasteiger partial charge on any atom is 0.407 e. The maximum atomic E-state index is 11.5. The van der Waals surface area contributed by atoms with Gasteiger partial charge < -0.3 is 15.6 Å². The maximum absolute atomic E-state index is 11.5. The van der Waals surface area contributed by atoms with Crippen molar-refractivity contribution in [3.63, 3.8) is 0 Å². The Morgan fingerprint density at radius 3 is 2.62 bits per heavy atom. The second kappa shape index (κ2) is 7.88. The molecular formula is C18H19N3O3. The lowest BCUT2D eigenvalue weighted by molar-refractivity contribution is 0.105. The second-order valence-electron chi connectivity index (χ2n) is 5.39. The van der Waals surface area contributed by atoms with Gasteiger partial charge >= 0.3 is 6.09 Å². The third-order valence-electron chi connectivity index (χ3n) is 3.62. The minimum atomic E-state index is -1.02. The van der Waals surface area contributed by atoms with Crippen LogP contribution in [0.15, 0.2) is 48.5 Å². The number of nitriles is 1. The first-order valence-corrected chi connectivity index (χ1v) is 7.47. The highest BCUT2D eigenvalue weighted by Gasteiger charge is 2.21. The molecule has 3 N–H and O–H groups in total. The molecule has 2 rings (SSSR count). The van der Waals surface area contributed by atoms with Gasteiger partial charge in [-0.25, -0.2) is 4.79 Å². The van der Waals surface area contributed by atoms with Crippen LogP contribution in [-0.2, 0) is 6.54 Å². The fourth-order valence-corrected chi connectivity index (χ4v) is 2.28. The van der Waals surface area contributed by atoms with E-state index >= 15 is 0 Å². The van der Waals surface area contributed by atoms with E-state index in [0.29, 0.717) is 11.4 Å². The number of rotatable bonds is 6. The zero-order valence-electron chi connectivity index (χ0n) is 13.3. The van der Waals surface area contributed by atoms with Crippen LogP contribution in [0.4, 0.5) is 10.5 Å². The van der Waals surface area contributed by atoms with E-state index < -0.39 is 12.1 Å². The molecule has 2 aromatic rings. The van der Waals surface area contributed by atoms with Crippen molar-refractivity contribution in [1.82, 2.24) is 4.90 Å². The van der Waals surface area contributed by atoms with Gasteiger partial charge in [0.1, 0.15) is 24.0 Å². The van der Waals surface area contributed by atoms with Crippen LogP contribution in [0.3, 0.4) is 0 Å². The molecule has 0 saturated carbocycles. The van der Waals surface area contributed by atoms with Crippen molar-refractivity contribution in [1.29, 1.82) is 5.26 Å². The first-order valence-electron chi connectivity index (χ1n) is 7.47. The second-order valence-corrected chi connectivity index (χ2v) is 5.39. The minimum Gasteiger partial charge on any atom is -0.490 e. The zero-order valence-corrected chi connectivity index (χ0v) is 13.3. The summed E-state index contributed by atoms with van der Waals surface area (Å²) in [6, 6.07) is 15.9. The summed E-state index contributed by atoms with van der Waals surface area (Å²) in [5, 5.41) is 18.6. The Bertz CT molecular complexity index is 741. The van der Waals surface area contributed by atoms with E-state index in [0.717, 1.165) is 5.56 Å². The third-order valence-corrected chi connectivity index (χ3v) is 3.62. The number of carbonyl (C=O) groups is 1. The van der Waals surface area contributed by atoms with Crippen molar-refractivity contribution in [2.24, 2.45) is 0 Å².